The molecule has 1 aromatic carbocycles. The van der Waals surface area contributed by atoms with Crippen molar-refractivity contribution in [2.24, 2.45) is 0 Å². The Hall–Kier alpha value is 0.326. The molecule has 0 aromatic heterocycles. The van der Waals surface area contributed by atoms with Gasteiger partial charge in [0.2, 0.25) is 0 Å². The number of carboxylic acids is 1. The number of aryl methyl sites for hydroxylation is 2. The smallest absolute Gasteiger partial charge is 0.545 e. The van der Waals surface area contributed by atoms with Crippen LogP contribution in [-0.4, -0.2) is 5.97 Å². The van der Waals surface area contributed by atoms with Gasteiger partial charge in [0, 0.05) is 0 Å². The van der Waals surface area contributed by atoms with Gasteiger partial charge in [-0.1, -0.05) is 29.3 Å². The largest absolute Gasteiger partial charge is 1.00 e. The van der Waals surface area contributed by atoms with Gasteiger partial charge in [0.25, 0.3) is 0 Å². The summed E-state index contributed by atoms with van der Waals surface area (Å²) in [6, 6.07) is 5.12. The van der Waals surface area contributed by atoms with E-state index < -0.39 is 5.97 Å². The zero-order valence-electron chi connectivity index (χ0n) is 7.55. The molecule has 0 radical (unpaired) electrons. The molecule has 0 aliphatic rings. The normalized spacial score (nSPS) is 8.83. The predicted octanol–water partition coefficient (Wildman–Crippen LogP) is -2.33. The minimum absolute atomic E-state index is 0. The fourth-order valence-electron chi connectivity index (χ4n) is 1.09. The zero-order chi connectivity index (χ0) is 8.43. The minimum atomic E-state index is -1.11. The van der Waals surface area contributed by atoms with Crippen LogP contribution in [0.5, 0.6) is 0 Å². The van der Waals surface area contributed by atoms with E-state index in [-0.39, 0.29) is 56.9 Å². The van der Waals surface area contributed by atoms with Crippen molar-refractivity contribution in [3.8, 4) is 0 Å². The maximum Gasteiger partial charge on any atom is 1.00 e. The van der Waals surface area contributed by atoms with Crippen LogP contribution in [0.3, 0.4) is 0 Å². The molecule has 0 saturated heterocycles. The van der Waals surface area contributed by atoms with E-state index >= 15 is 0 Å². The molecule has 0 atom stereocenters. The molecular formula is C9H9KO2. The molecule has 0 N–H and O–H groups in total. The minimum Gasteiger partial charge on any atom is -0.545 e. The monoisotopic (exact) mass is 188 g/mol. The van der Waals surface area contributed by atoms with Crippen LogP contribution in [0.25, 0.3) is 0 Å². The first-order chi connectivity index (χ1) is 5.09. The van der Waals surface area contributed by atoms with Crippen LogP contribution in [0.2, 0.25) is 0 Å². The van der Waals surface area contributed by atoms with Crippen molar-refractivity contribution in [2.75, 3.05) is 0 Å². The van der Waals surface area contributed by atoms with Gasteiger partial charge < -0.3 is 9.90 Å². The van der Waals surface area contributed by atoms with Gasteiger partial charge in [-0.15, -0.1) is 0 Å². The summed E-state index contributed by atoms with van der Waals surface area (Å²) in [5.74, 6) is -1.11. The van der Waals surface area contributed by atoms with E-state index in [0.717, 1.165) is 11.1 Å². The number of carbonyl (C=O) groups excluding carboxylic acids is 1. The summed E-state index contributed by atoms with van der Waals surface area (Å²) in [5, 5.41) is 10.4. The van der Waals surface area contributed by atoms with Crippen LogP contribution in [0.4, 0.5) is 0 Å². The van der Waals surface area contributed by atoms with E-state index in [4.69, 9.17) is 0 Å². The number of hydrogen-bond donors (Lipinski definition) is 0. The first-order valence-corrected chi connectivity index (χ1v) is 3.39. The zero-order valence-corrected chi connectivity index (χ0v) is 10.7. The van der Waals surface area contributed by atoms with Gasteiger partial charge in [0.15, 0.2) is 0 Å². The van der Waals surface area contributed by atoms with Crippen LogP contribution in [0.1, 0.15) is 21.5 Å². The molecule has 0 amide bonds. The third-order valence-corrected chi connectivity index (χ3v) is 1.46. The molecule has 0 spiro atoms. The number of hydrogen-bond acceptors (Lipinski definition) is 2. The van der Waals surface area contributed by atoms with E-state index in [1.807, 2.05) is 19.9 Å². The van der Waals surface area contributed by atoms with Crippen molar-refractivity contribution in [1.82, 2.24) is 0 Å². The van der Waals surface area contributed by atoms with Gasteiger partial charge in [-0.05, 0) is 19.4 Å². The second kappa shape index (κ2) is 5.14. The predicted molar refractivity (Wildman–Crippen MR) is 40.2 cm³/mol. The van der Waals surface area contributed by atoms with Crippen LogP contribution in [0, 0.1) is 13.8 Å². The summed E-state index contributed by atoms with van der Waals surface area (Å²) >= 11 is 0. The molecule has 0 aliphatic heterocycles. The molecule has 3 heteroatoms. The van der Waals surface area contributed by atoms with Crippen molar-refractivity contribution in [1.29, 1.82) is 0 Å². The first-order valence-electron chi connectivity index (χ1n) is 3.39. The number of benzene rings is 1. The van der Waals surface area contributed by atoms with Crippen molar-refractivity contribution in [3.05, 3.63) is 34.9 Å². The molecule has 1 aromatic rings. The fraction of sp³-hybridized carbons (Fsp3) is 0.222. The Morgan fingerprint density at radius 2 is 1.58 bits per heavy atom. The molecule has 0 saturated carbocycles. The van der Waals surface area contributed by atoms with Gasteiger partial charge in [-0.2, -0.15) is 0 Å². The second-order valence-corrected chi connectivity index (χ2v) is 2.66. The van der Waals surface area contributed by atoms with Gasteiger partial charge in [0.05, 0.1) is 5.97 Å². The standard InChI is InChI=1S/C9H10O2.K/c1-6-3-7(2)5-8(4-6)9(10)11;/h3-5H,1-2H3,(H,10,11);/q;+1/p-1. The summed E-state index contributed by atoms with van der Waals surface area (Å²) in [6.45, 7) is 3.72. The van der Waals surface area contributed by atoms with Crippen molar-refractivity contribution in [2.45, 2.75) is 13.8 Å². The van der Waals surface area contributed by atoms with Gasteiger partial charge >= 0.3 is 51.4 Å². The molecule has 0 unspecified atom stereocenters. The van der Waals surface area contributed by atoms with E-state index in [1.54, 1.807) is 12.1 Å². The van der Waals surface area contributed by atoms with E-state index in [2.05, 4.69) is 0 Å². The first kappa shape index (κ1) is 12.3. The summed E-state index contributed by atoms with van der Waals surface area (Å²) in [5.41, 5.74) is 2.15. The quantitative estimate of drug-likeness (QED) is 0.464. The van der Waals surface area contributed by atoms with Gasteiger partial charge in [0.1, 0.15) is 0 Å². The van der Waals surface area contributed by atoms with Crippen LogP contribution in [-0.2, 0) is 0 Å². The van der Waals surface area contributed by atoms with E-state index in [0.29, 0.717) is 0 Å². The van der Waals surface area contributed by atoms with Crippen molar-refractivity contribution in [3.63, 3.8) is 0 Å². The molecule has 0 aliphatic carbocycles. The molecule has 2 nitrogen and oxygen atoms in total. The van der Waals surface area contributed by atoms with Crippen molar-refractivity contribution >= 4 is 5.97 Å². The Morgan fingerprint density at radius 1 is 1.17 bits per heavy atom. The van der Waals surface area contributed by atoms with E-state index in [9.17, 15) is 9.90 Å². The van der Waals surface area contributed by atoms with Crippen LogP contribution < -0.4 is 56.5 Å². The molecule has 0 bridgehead atoms. The van der Waals surface area contributed by atoms with Crippen molar-refractivity contribution < 1.29 is 61.3 Å². The molecule has 0 heterocycles. The summed E-state index contributed by atoms with van der Waals surface area (Å²) in [7, 11) is 0. The average Bonchev–Trinajstić information content (AvgIpc) is 1.85. The number of aromatic carboxylic acids is 1. The third kappa shape index (κ3) is 3.37. The van der Waals surface area contributed by atoms with Crippen LogP contribution >= 0.6 is 0 Å². The molecule has 1 rings (SSSR count). The third-order valence-electron chi connectivity index (χ3n) is 1.46. The maximum absolute atomic E-state index is 10.4. The Labute approximate surface area is 114 Å². The summed E-state index contributed by atoms with van der Waals surface area (Å²) in [4.78, 5) is 10.4. The fourth-order valence-corrected chi connectivity index (χ4v) is 1.09. The van der Waals surface area contributed by atoms with Gasteiger partial charge in [-0.3, -0.25) is 0 Å². The summed E-state index contributed by atoms with van der Waals surface area (Å²) < 4.78 is 0. The SMILES string of the molecule is Cc1cc(C)cc(C(=O)[O-])c1.[K+]. The number of carbonyl (C=O) groups is 1. The maximum atomic E-state index is 10.4. The number of carboxylic acid groups (broad SMARTS) is 1. The molecular weight excluding hydrogens is 179 g/mol. The molecule has 58 valence electrons. The van der Waals surface area contributed by atoms with Gasteiger partial charge in [-0.25, -0.2) is 0 Å². The topological polar surface area (TPSA) is 40.1 Å². The average molecular weight is 188 g/mol. The Morgan fingerprint density at radius 3 is 1.92 bits per heavy atom. The van der Waals surface area contributed by atoms with E-state index in [1.165, 1.54) is 0 Å². The Balaban J connectivity index is 0.00000121. The summed E-state index contributed by atoms with van der Waals surface area (Å²) in [6.07, 6.45) is 0. The van der Waals surface area contributed by atoms with Crippen LogP contribution in [0.15, 0.2) is 18.2 Å². The second-order valence-electron chi connectivity index (χ2n) is 2.66. The Bertz CT molecular complexity index is 274. The number of rotatable bonds is 1. The Kier molecular flexibility index (Phi) is 5.28. The molecule has 12 heavy (non-hydrogen) atoms. The molecule has 0 fully saturated rings.